The minimum Gasteiger partial charge on any atom is -0.497 e. The van der Waals surface area contributed by atoms with Crippen molar-refractivity contribution in [1.29, 1.82) is 0 Å². The van der Waals surface area contributed by atoms with Crippen molar-refractivity contribution >= 4 is 11.9 Å². The van der Waals surface area contributed by atoms with Crippen LogP contribution < -0.4 is 14.8 Å². The number of hydrogen-bond acceptors (Lipinski definition) is 4. The van der Waals surface area contributed by atoms with Crippen molar-refractivity contribution in [2.24, 2.45) is 0 Å². The molecule has 148 valence electrons. The van der Waals surface area contributed by atoms with Gasteiger partial charge in [-0.15, -0.1) is 0 Å². The highest BCUT2D eigenvalue weighted by molar-refractivity contribution is 6.00. The molecule has 0 aliphatic heterocycles. The molecule has 0 bridgehead atoms. The fourth-order valence-corrected chi connectivity index (χ4v) is 3.58. The number of rotatable bonds is 6. The Morgan fingerprint density at radius 3 is 2.50 bits per heavy atom. The summed E-state index contributed by atoms with van der Waals surface area (Å²) >= 11 is 0. The third-order valence-electron chi connectivity index (χ3n) is 4.97. The first-order valence-electron chi connectivity index (χ1n) is 9.24. The maximum atomic E-state index is 13.1. The van der Waals surface area contributed by atoms with Crippen LogP contribution in [0.15, 0.2) is 36.4 Å². The maximum absolute atomic E-state index is 13.1. The Morgan fingerprint density at radius 2 is 1.86 bits per heavy atom. The molecule has 0 fully saturated rings. The van der Waals surface area contributed by atoms with E-state index >= 15 is 0 Å². The molecule has 2 aromatic carbocycles. The summed E-state index contributed by atoms with van der Waals surface area (Å²) in [6.07, 6.45) is 0.316. The van der Waals surface area contributed by atoms with Crippen LogP contribution in [0.5, 0.6) is 11.5 Å². The van der Waals surface area contributed by atoms with Crippen molar-refractivity contribution in [3.63, 3.8) is 0 Å². The molecule has 2 aromatic rings. The molecule has 1 aliphatic carbocycles. The fraction of sp³-hybridized carbons (Fsp3) is 0.364. The third kappa shape index (κ3) is 3.67. The Bertz CT molecular complexity index is 921. The minimum absolute atomic E-state index is 0.107. The number of nitrogens with one attached hydrogen (secondary N) is 1. The number of benzene rings is 2. The Labute approximate surface area is 164 Å². The zero-order valence-electron chi connectivity index (χ0n) is 16.5. The fourth-order valence-electron chi connectivity index (χ4n) is 3.58. The molecule has 0 aromatic heterocycles. The van der Waals surface area contributed by atoms with Gasteiger partial charge >= 0.3 is 5.97 Å². The summed E-state index contributed by atoms with van der Waals surface area (Å²) in [6, 6.07) is 10.8. The first kappa shape index (κ1) is 19.7. The standard InChI is InChI=1S/C22H25NO5/c1-13(2)28-19-14(3)6-5-7-18(19)20(24)23-22(21(25)26)11-15-8-9-17(27-4)10-16(15)12-22/h5-10,13H,11-12H2,1-4H3,(H,23,24)(H,25,26). The van der Waals surface area contributed by atoms with Crippen molar-refractivity contribution in [3.05, 3.63) is 58.7 Å². The van der Waals surface area contributed by atoms with Gasteiger partial charge in [-0.25, -0.2) is 4.79 Å². The van der Waals surface area contributed by atoms with Crippen LogP contribution in [0.3, 0.4) is 0 Å². The lowest BCUT2D eigenvalue weighted by molar-refractivity contribution is -0.144. The van der Waals surface area contributed by atoms with Crippen molar-refractivity contribution in [1.82, 2.24) is 5.32 Å². The van der Waals surface area contributed by atoms with Gasteiger partial charge in [0.25, 0.3) is 5.91 Å². The van der Waals surface area contributed by atoms with E-state index in [2.05, 4.69) is 5.32 Å². The van der Waals surface area contributed by atoms with E-state index in [1.54, 1.807) is 25.3 Å². The third-order valence-corrected chi connectivity index (χ3v) is 4.97. The second kappa shape index (κ2) is 7.54. The van der Waals surface area contributed by atoms with Gasteiger partial charge < -0.3 is 19.9 Å². The first-order valence-corrected chi connectivity index (χ1v) is 9.24. The minimum atomic E-state index is -1.40. The zero-order valence-corrected chi connectivity index (χ0v) is 16.5. The molecule has 0 spiro atoms. The Hall–Kier alpha value is -3.02. The lowest BCUT2D eigenvalue weighted by Crippen LogP contribution is -2.55. The molecule has 0 saturated heterocycles. The number of aliphatic carboxylic acids is 1. The number of fused-ring (bicyclic) bond motifs is 1. The Kier molecular flexibility index (Phi) is 5.31. The van der Waals surface area contributed by atoms with E-state index in [1.807, 2.05) is 39.0 Å². The molecule has 1 aliphatic rings. The number of carboxylic acid groups (broad SMARTS) is 1. The number of para-hydroxylation sites is 1. The van der Waals surface area contributed by atoms with Gasteiger partial charge in [-0.2, -0.15) is 0 Å². The topological polar surface area (TPSA) is 84.9 Å². The van der Waals surface area contributed by atoms with E-state index in [4.69, 9.17) is 9.47 Å². The first-order chi connectivity index (χ1) is 13.3. The van der Waals surface area contributed by atoms with Gasteiger partial charge in [-0.05, 0) is 55.7 Å². The highest BCUT2D eigenvalue weighted by atomic mass is 16.5. The highest BCUT2D eigenvalue weighted by Crippen LogP contribution is 2.34. The van der Waals surface area contributed by atoms with Crippen LogP contribution in [-0.2, 0) is 17.6 Å². The molecule has 28 heavy (non-hydrogen) atoms. The molecule has 1 atom stereocenters. The summed E-state index contributed by atoms with van der Waals surface area (Å²) in [5.41, 5.74) is 1.52. The number of carbonyl (C=O) groups is 2. The average Bonchev–Trinajstić information content (AvgIpc) is 3.01. The van der Waals surface area contributed by atoms with E-state index < -0.39 is 17.4 Å². The summed E-state index contributed by atoms with van der Waals surface area (Å²) in [5, 5.41) is 12.7. The van der Waals surface area contributed by atoms with E-state index in [-0.39, 0.29) is 18.9 Å². The molecule has 0 saturated carbocycles. The number of methoxy groups -OCH3 is 1. The van der Waals surface area contributed by atoms with Crippen molar-refractivity contribution in [2.45, 2.75) is 45.3 Å². The number of hydrogen-bond donors (Lipinski definition) is 2. The highest BCUT2D eigenvalue weighted by Gasteiger charge is 2.46. The molecule has 1 unspecified atom stereocenters. The van der Waals surface area contributed by atoms with Crippen molar-refractivity contribution < 1.29 is 24.2 Å². The van der Waals surface area contributed by atoms with Gasteiger partial charge in [-0.3, -0.25) is 4.79 Å². The lowest BCUT2D eigenvalue weighted by atomic mass is 9.95. The van der Waals surface area contributed by atoms with Gasteiger partial charge in [0.05, 0.1) is 18.8 Å². The van der Waals surface area contributed by atoms with Crippen LogP contribution >= 0.6 is 0 Å². The second-order valence-electron chi connectivity index (χ2n) is 7.45. The molecular formula is C22H25NO5. The molecule has 2 N–H and O–H groups in total. The number of amides is 1. The van der Waals surface area contributed by atoms with Gasteiger partial charge in [0.15, 0.2) is 0 Å². The zero-order chi connectivity index (χ0) is 20.5. The van der Waals surface area contributed by atoms with E-state index in [0.717, 1.165) is 16.7 Å². The summed E-state index contributed by atoms with van der Waals surface area (Å²) in [5.74, 6) is -0.373. The Morgan fingerprint density at radius 1 is 1.14 bits per heavy atom. The van der Waals surface area contributed by atoms with Crippen LogP contribution in [0.4, 0.5) is 0 Å². The molecule has 3 rings (SSSR count). The molecule has 6 nitrogen and oxygen atoms in total. The summed E-state index contributed by atoms with van der Waals surface area (Å²) in [6.45, 7) is 5.63. The monoisotopic (exact) mass is 383 g/mol. The smallest absolute Gasteiger partial charge is 0.330 e. The van der Waals surface area contributed by atoms with Gasteiger partial charge in [-0.1, -0.05) is 18.2 Å². The van der Waals surface area contributed by atoms with E-state index in [9.17, 15) is 14.7 Å². The van der Waals surface area contributed by atoms with Crippen molar-refractivity contribution in [3.8, 4) is 11.5 Å². The van der Waals surface area contributed by atoms with Gasteiger partial charge in [0, 0.05) is 12.8 Å². The van der Waals surface area contributed by atoms with Crippen LogP contribution in [0.25, 0.3) is 0 Å². The summed E-state index contributed by atoms with van der Waals surface area (Å²) < 4.78 is 11.1. The lowest BCUT2D eigenvalue weighted by Gasteiger charge is -2.26. The SMILES string of the molecule is COc1ccc2c(c1)CC(NC(=O)c1cccc(C)c1OC(C)C)(C(=O)O)C2. The van der Waals surface area contributed by atoms with Crippen LogP contribution in [0.2, 0.25) is 0 Å². The number of ether oxygens (including phenoxy) is 2. The molecule has 6 heteroatoms. The number of carboxylic acids is 1. The summed E-state index contributed by atoms with van der Waals surface area (Å²) in [4.78, 5) is 25.2. The van der Waals surface area contributed by atoms with Gasteiger partial charge in [0.1, 0.15) is 17.0 Å². The maximum Gasteiger partial charge on any atom is 0.330 e. The van der Waals surface area contributed by atoms with Crippen LogP contribution in [-0.4, -0.2) is 35.7 Å². The largest absolute Gasteiger partial charge is 0.497 e. The quantitative estimate of drug-likeness (QED) is 0.801. The Balaban J connectivity index is 1.92. The number of carbonyl (C=O) groups excluding carboxylic acids is 1. The molecule has 1 amide bonds. The molecule has 0 heterocycles. The predicted molar refractivity (Wildman–Crippen MR) is 105 cm³/mol. The van der Waals surface area contributed by atoms with E-state index in [0.29, 0.717) is 17.1 Å². The predicted octanol–water partition coefficient (Wildman–Crippen LogP) is 3.14. The van der Waals surface area contributed by atoms with Gasteiger partial charge in [0.2, 0.25) is 0 Å². The van der Waals surface area contributed by atoms with Crippen LogP contribution in [0.1, 0.15) is 40.9 Å². The molecular weight excluding hydrogens is 358 g/mol. The van der Waals surface area contributed by atoms with Crippen molar-refractivity contribution in [2.75, 3.05) is 7.11 Å². The normalized spacial score (nSPS) is 17.9. The average molecular weight is 383 g/mol. The summed E-state index contributed by atoms with van der Waals surface area (Å²) in [7, 11) is 1.57. The molecule has 0 radical (unpaired) electrons. The second-order valence-corrected chi connectivity index (χ2v) is 7.45. The number of aryl methyl sites for hydroxylation is 1. The van der Waals surface area contributed by atoms with E-state index in [1.165, 1.54) is 0 Å². The van der Waals surface area contributed by atoms with Crippen LogP contribution in [0, 0.1) is 6.92 Å².